The van der Waals surface area contributed by atoms with Gasteiger partial charge in [0.15, 0.2) is 11.5 Å². The van der Waals surface area contributed by atoms with E-state index in [1.807, 2.05) is 18.2 Å². The van der Waals surface area contributed by atoms with Gasteiger partial charge in [0.25, 0.3) is 5.91 Å². The number of hydrogen-bond donors (Lipinski definition) is 1. The second-order valence-corrected chi connectivity index (χ2v) is 6.19. The van der Waals surface area contributed by atoms with Crippen molar-refractivity contribution >= 4 is 5.91 Å². The van der Waals surface area contributed by atoms with Crippen molar-refractivity contribution in [2.45, 2.75) is 43.8 Å². The monoisotopic (exact) mass is 288 g/mol. The number of hydrogen-bond acceptors (Lipinski definition) is 4. The van der Waals surface area contributed by atoms with Crippen LogP contribution in [0.5, 0.6) is 11.5 Å². The van der Waals surface area contributed by atoms with Crippen molar-refractivity contribution in [3.8, 4) is 11.5 Å². The number of carbonyl (C=O) groups excluding carboxylic acids is 1. The fraction of sp³-hybridized carbons (Fsp3) is 0.562. The summed E-state index contributed by atoms with van der Waals surface area (Å²) >= 11 is 0. The van der Waals surface area contributed by atoms with Crippen molar-refractivity contribution in [2.24, 2.45) is 5.73 Å². The standard InChI is InChI=1S/C16H20N2O3/c17-11-8-12-2-3-13(9-11)18(12)16(19)10-1-4-14-15(7-10)21-6-5-20-14/h1,4,7,11-13H,2-3,5-6,8-9,17H2. The van der Waals surface area contributed by atoms with Gasteiger partial charge in [0, 0.05) is 23.7 Å². The van der Waals surface area contributed by atoms with Gasteiger partial charge in [0.2, 0.25) is 0 Å². The van der Waals surface area contributed by atoms with Crippen LogP contribution in [0.1, 0.15) is 36.0 Å². The predicted molar refractivity (Wildman–Crippen MR) is 77.6 cm³/mol. The lowest BCUT2D eigenvalue weighted by Gasteiger charge is -2.37. The highest BCUT2D eigenvalue weighted by atomic mass is 16.6. The Balaban J connectivity index is 1.60. The molecule has 21 heavy (non-hydrogen) atoms. The summed E-state index contributed by atoms with van der Waals surface area (Å²) in [7, 11) is 0. The SMILES string of the molecule is NC1CC2CCC(C1)N2C(=O)c1ccc2c(c1)OCCO2. The van der Waals surface area contributed by atoms with Gasteiger partial charge in [0.1, 0.15) is 13.2 Å². The molecule has 0 radical (unpaired) electrons. The van der Waals surface area contributed by atoms with Crippen LogP contribution in [0.15, 0.2) is 18.2 Å². The number of benzene rings is 1. The van der Waals surface area contributed by atoms with Crippen LogP contribution in [0, 0.1) is 0 Å². The maximum absolute atomic E-state index is 12.8. The van der Waals surface area contributed by atoms with Gasteiger partial charge in [0.05, 0.1) is 0 Å². The van der Waals surface area contributed by atoms with E-state index in [1.54, 1.807) is 0 Å². The molecular weight excluding hydrogens is 268 g/mol. The molecule has 5 heteroatoms. The smallest absolute Gasteiger partial charge is 0.254 e. The van der Waals surface area contributed by atoms with E-state index in [0.29, 0.717) is 36.6 Å². The molecule has 2 unspecified atom stereocenters. The van der Waals surface area contributed by atoms with Crippen LogP contribution in [0.4, 0.5) is 0 Å². The molecule has 0 spiro atoms. The molecule has 1 aromatic carbocycles. The van der Waals surface area contributed by atoms with E-state index in [1.165, 1.54) is 0 Å². The van der Waals surface area contributed by atoms with Crippen LogP contribution in [0.25, 0.3) is 0 Å². The maximum Gasteiger partial charge on any atom is 0.254 e. The van der Waals surface area contributed by atoms with Crippen molar-refractivity contribution in [3.63, 3.8) is 0 Å². The molecule has 0 saturated carbocycles. The van der Waals surface area contributed by atoms with Crippen LogP contribution in [-0.4, -0.2) is 42.1 Å². The molecular formula is C16H20N2O3. The molecule has 1 amide bonds. The van der Waals surface area contributed by atoms with Crippen LogP contribution in [0.2, 0.25) is 0 Å². The first kappa shape index (κ1) is 13.0. The molecule has 0 aromatic heterocycles. The summed E-state index contributed by atoms with van der Waals surface area (Å²) in [4.78, 5) is 14.9. The van der Waals surface area contributed by atoms with Crippen molar-refractivity contribution < 1.29 is 14.3 Å². The molecule has 3 aliphatic heterocycles. The number of nitrogens with zero attached hydrogens (tertiary/aromatic N) is 1. The minimum atomic E-state index is 0.103. The molecule has 3 aliphatic rings. The van der Waals surface area contributed by atoms with E-state index in [-0.39, 0.29) is 11.9 Å². The number of carbonyl (C=O) groups is 1. The molecule has 1 aromatic rings. The second-order valence-electron chi connectivity index (χ2n) is 6.19. The second kappa shape index (κ2) is 4.91. The summed E-state index contributed by atoms with van der Waals surface area (Å²) in [6.45, 7) is 1.10. The third-order valence-electron chi connectivity index (χ3n) is 4.79. The Labute approximate surface area is 124 Å². The third-order valence-corrected chi connectivity index (χ3v) is 4.79. The highest BCUT2D eigenvalue weighted by Gasteiger charge is 2.42. The minimum absolute atomic E-state index is 0.103. The Morgan fingerprint density at radius 1 is 1.10 bits per heavy atom. The molecule has 2 saturated heterocycles. The van der Waals surface area contributed by atoms with Gasteiger partial charge < -0.3 is 20.1 Å². The number of rotatable bonds is 1. The molecule has 2 fully saturated rings. The van der Waals surface area contributed by atoms with Crippen LogP contribution in [0.3, 0.4) is 0 Å². The molecule has 5 nitrogen and oxygen atoms in total. The van der Waals surface area contributed by atoms with Crippen molar-refractivity contribution in [2.75, 3.05) is 13.2 Å². The summed E-state index contributed by atoms with van der Waals surface area (Å²) < 4.78 is 11.1. The van der Waals surface area contributed by atoms with Gasteiger partial charge in [-0.2, -0.15) is 0 Å². The minimum Gasteiger partial charge on any atom is -0.486 e. The summed E-state index contributed by atoms with van der Waals surface area (Å²) in [5, 5.41) is 0. The summed E-state index contributed by atoms with van der Waals surface area (Å²) in [6.07, 6.45) is 4.00. The van der Waals surface area contributed by atoms with Crippen molar-refractivity contribution in [1.29, 1.82) is 0 Å². The normalized spacial score (nSPS) is 30.3. The van der Waals surface area contributed by atoms with Crippen LogP contribution >= 0.6 is 0 Å². The largest absolute Gasteiger partial charge is 0.486 e. The lowest BCUT2D eigenvalue weighted by atomic mass is 9.97. The summed E-state index contributed by atoms with van der Waals surface area (Å²) in [5.74, 6) is 1.50. The van der Waals surface area contributed by atoms with E-state index in [0.717, 1.165) is 31.4 Å². The fourth-order valence-electron chi connectivity index (χ4n) is 3.88. The van der Waals surface area contributed by atoms with E-state index in [2.05, 4.69) is 4.90 Å². The molecule has 0 aliphatic carbocycles. The van der Waals surface area contributed by atoms with Gasteiger partial charge in [-0.25, -0.2) is 0 Å². The first-order chi connectivity index (χ1) is 10.2. The highest BCUT2D eigenvalue weighted by Crippen LogP contribution is 2.37. The van der Waals surface area contributed by atoms with Crippen LogP contribution in [-0.2, 0) is 0 Å². The summed E-state index contributed by atoms with van der Waals surface area (Å²) in [6, 6.07) is 6.33. The Bertz CT molecular complexity index is 561. The van der Waals surface area contributed by atoms with E-state index >= 15 is 0 Å². The van der Waals surface area contributed by atoms with E-state index < -0.39 is 0 Å². The van der Waals surface area contributed by atoms with E-state index in [4.69, 9.17) is 15.2 Å². The Morgan fingerprint density at radius 3 is 2.48 bits per heavy atom. The third kappa shape index (κ3) is 2.16. The van der Waals surface area contributed by atoms with Gasteiger partial charge in [-0.3, -0.25) is 4.79 Å². The number of piperidine rings is 1. The molecule has 4 rings (SSSR count). The predicted octanol–water partition coefficient (Wildman–Crippen LogP) is 1.55. The lowest BCUT2D eigenvalue weighted by molar-refractivity contribution is 0.0574. The first-order valence-corrected chi connectivity index (χ1v) is 7.70. The summed E-state index contributed by atoms with van der Waals surface area (Å²) in [5.41, 5.74) is 6.76. The average molecular weight is 288 g/mol. The Kier molecular flexibility index (Phi) is 3.03. The number of fused-ring (bicyclic) bond motifs is 3. The number of nitrogens with two attached hydrogens (primary N) is 1. The Hall–Kier alpha value is -1.75. The van der Waals surface area contributed by atoms with Gasteiger partial charge in [-0.1, -0.05) is 0 Å². The molecule has 2 N–H and O–H groups in total. The van der Waals surface area contributed by atoms with Gasteiger partial charge in [-0.05, 0) is 43.9 Å². The average Bonchev–Trinajstić information content (AvgIpc) is 2.78. The highest BCUT2D eigenvalue weighted by molar-refractivity contribution is 5.95. The zero-order valence-corrected chi connectivity index (χ0v) is 12.0. The maximum atomic E-state index is 12.8. The van der Waals surface area contributed by atoms with Gasteiger partial charge in [-0.15, -0.1) is 0 Å². The van der Waals surface area contributed by atoms with Crippen molar-refractivity contribution in [1.82, 2.24) is 4.90 Å². The van der Waals surface area contributed by atoms with E-state index in [9.17, 15) is 4.79 Å². The first-order valence-electron chi connectivity index (χ1n) is 7.70. The lowest BCUT2D eigenvalue weighted by Crippen LogP contribution is -2.50. The number of ether oxygens (including phenoxy) is 2. The molecule has 2 bridgehead atoms. The molecule has 2 atom stereocenters. The quantitative estimate of drug-likeness (QED) is 0.851. The topological polar surface area (TPSA) is 64.8 Å². The Morgan fingerprint density at radius 2 is 1.76 bits per heavy atom. The van der Waals surface area contributed by atoms with Gasteiger partial charge >= 0.3 is 0 Å². The fourth-order valence-corrected chi connectivity index (χ4v) is 3.88. The van der Waals surface area contributed by atoms with Crippen LogP contribution < -0.4 is 15.2 Å². The zero-order valence-electron chi connectivity index (χ0n) is 12.0. The molecule has 112 valence electrons. The van der Waals surface area contributed by atoms with Crippen molar-refractivity contribution in [3.05, 3.63) is 23.8 Å². The molecule has 3 heterocycles. The number of amides is 1. The zero-order chi connectivity index (χ0) is 14.4.